The van der Waals surface area contributed by atoms with Crippen molar-refractivity contribution in [1.29, 1.82) is 0 Å². The minimum Gasteiger partial charge on any atom is -0.378 e. The number of nitrogens with one attached hydrogen (secondary N) is 2. The van der Waals surface area contributed by atoms with Gasteiger partial charge < -0.3 is 10.1 Å². The second kappa shape index (κ2) is 6.68. The summed E-state index contributed by atoms with van der Waals surface area (Å²) in [6.07, 6.45) is 0. The average Bonchev–Trinajstić information content (AvgIpc) is 2.98. The standard InChI is InChI=1S/C13H19N5O2S/c1-5-18-9(3)11(8(2)17-18)15-12(19)16-13-14-10(6-20-4)7-21-13/h7H,5-6H2,1-4H3,(H2,14,15,16,19). The fraction of sp³-hybridized carbons (Fsp3) is 0.462. The maximum atomic E-state index is 12.0. The number of aryl methyl sites for hydroxylation is 2. The van der Waals surface area contributed by atoms with Crippen LogP contribution in [0.15, 0.2) is 5.38 Å². The Bertz CT molecular complexity index is 635. The van der Waals surface area contributed by atoms with Crippen LogP contribution in [0.1, 0.15) is 24.0 Å². The van der Waals surface area contributed by atoms with Gasteiger partial charge in [0.1, 0.15) is 0 Å². The maximum Gasteiger partial charge on any atom is 0.325 e. The number of nitrogens with zero attached hydrogens (tertiary/aromatic N) is 3. The van der Waals surface area contributed by atoms with E-state index in [4.69, 9.17) is 4.74 Å². The summed E-state index contributed by atoms with van der Waals surface area (Å²) in [6.45, 7) is 7.01. The molecule has 2 aromatic rings. The number of amides is 2. The van der Waals surface area contributed by atoms with E-state index < -0.39 is 0 Å². The predicted molar refractivity (Wildman–Crippen MR) is 82.8 cm³/mol. The van der Waals surface area contributed by atoms with Crippen molar-refractivity contribution in [1.82, 2.24) is 14.8 Å². The number of anilines is 2. The number of urea groups is 1. The molecule has 2 rings (SSSR count). The molecule has 2 amide bonds. The highest BCUT2D eigenvalue weighted by Gasteiger charge is 2.14. The molecule has 0 aliphatic rings. The molecule has 2 N–H and O–H groups in total. The van der Waals surface area contributed by atoms with Gasteiger partial charge in [0.05, 0.1) is 29.4 Å². The molecule has 21 heavy (non-hydrogen) atoms. The van der Waals surface area contributed by atoms with Gasteiger partial charge in [0, 0.05) is 19.0 Å². The number of rotatable bonds is 5. The molecular weight excluding hydrogens is 290 g/mol. The molecule has 0 saturated carbocycles. The van der Waals surface area contributed by atoms with Gasteiger partial charge >= 0.3 is 6.03 Å². The normalized spacial score (nSPS) is 10.7. The zero-order chi connectivity index (χ0) is 15.4. The van der Waals surface area contributed by atoms with Crippen LogP contribution in [0.25, 0.3) is 0 Å². The summed E-state index contributed by atoms with van der Waals surface area (Å²) in [6, 6.07) is -0.324. The van der Waals surface area contributed by atoms with Crippen molar-refractivity contribution in [2.24, 2.45) is 0 Å². The highest BCUT2D eigenvalue weighted by Crippen LogP contribution is 2.20. The fourth-order valence-electron chi connectivity index (χ4n) is 2.01. The van der Waals surface area contributed by atoms with Crippen molar-refractivity contribution in [2.45, 2.75) is 33.9 Å². The molecule has 0 aliphatic carbocycles. The molecule has 0 saturated heterocycles. The minimum atomic E-state index is -0.324. The Morgan fingerprint density at radius 2 is 2.19 bits per heavy atom. The van der Waals surface area contributed by atoms with Crippen LogP contribution in [-0.4, -0.2) is 27.9 Å². The van der Waals surface area contributed by atoms with E-state index in [-0.39, 0.29) is 6.03 Å². The number of methoxy groups -OCH3 is 1. The number of carbonyl (C=O) groups is 1. The van der Waals surface area contributed by atoms with Crippen molar-refractivity contribution < 1.29 is 9.53 Å². The lowest BCUT2D eigenvalue weighted by Crippen LogP contribution is -2.20. The minimum absolute atomic E-state index is 0.324. The van der Waals surface area contributed by atoms with E-state index in [1.807, 2.05) is 30.8 Å². The van der Waals surface area contributed by atoms with Gasteiger partial charge in [0.15, 0.2) is 5.13 Å². The Morgan fingerprint density at radius 3 is 2.81 bits per heavy atom. The molecule has 0 fully saturated rings. The van der Waals surface area contributed by atoms with Gasteiger partial charge in [-0.2, -0.15) is 5.10 Å². The summed E-state index contributed by atoms with van der Waals surface area (Å²) in [4.78, 5) is 16.3. The molecule has 0 radical (unpaired) electrons. The lowest BCUT2D eigenvalue weighted by molar-refractivity contribution is 0.182. The predicted octanol–water partition coefficient (Wildman–Crippen LogP) is 2.77. The third kappa shape index (κ3) is 3.59. The summed E-state index contributed by atoms with van der Waals surface area (Å²) < 4.78 is 6.85. The zero-order valence-corrected chi connectivity index (χ0v) is 13.4. The third-order valence-electron chi connectivity index (χ3n) is 2.98. The fourth-order valence-corrected chi connectivity index (χ4v) is 2.70. The Balaban J connectivity index is 2.02. The number of thiazole rings is 1. The van der Waals surface area contributed by atoms with E-state index in [0.29, 0.717) is 11.7 Å². The first-order chi connectivity index (χ1) is 10.0. The first kappa shape index (κ1) is 15.5. The topological polar surface area (TPSA) is 81.1 Å². The second-order valence-corrected chi connectivity index (χ2v) is 5.38. The van der Waals surface area contributed by atoms with Gasteiger partial charge in [-0.1, -0.05) is 0 Å². The highest BCUT2D eigenvalue weighted by atomic mass is 32.1. The number of ether oxygens (including phenoxy) is 1. The Morgan fingerprint density at radius 1 is 1.43 bits per heavy atom. The van der Waals surface area contributed by atoms with Gasteiger partial charge in [-0.3, -0.25) is 10.00 Å². The van der Waals surface area contributed by atoms with Crippen LogP contribution >= 0.6 is 11.3 Å². The first-order valence-electron chi connectivity index (χ1n) is 6.60. The third-order valence-corrected chi connectivity index (χ3v) is 3.79. The Kier molecular flexibility index (Phi) is 4.92. The van der Waals surface area contributed by atoms with Crippen LogP contribution in [-0.2, 0) is 17.9 Å². The van der Waals surface area contributed by atoms with Crippen LogP contribution in [0.3, 0.4) is 0 Å². The Labute approximate surface area is 127 Å². The monoisotopic (exact) mass is 309 g/mol. The van der Waals surface area contributed by atoms with Gasteiger partial charge in [-0.25, -0.2) is 9.78 Å². The number of hydrogen-bond acceptors (Lipinski definition) is 5. The molecule has 0 aromatic carbocycles. The van der Waals surface area contributed by atoms with E-state index in [1.165, 1.54) is 11.3 Å². The number of carbonyl (C=O) groups excluding carboxylic acids is 1. The van der Waals surface area contributed by atoms with Crippen molar-refractivity contribution in [3.63, 3.8) is 0 Å². The second-order valence-electron chi connectivity index (χ2n) is 4.52. The van der Waals surface area contributed by atoms with Crippen molar-refractivity contribution in [2.75, 3.05) is 17.7 Å². The van der Waals surface area contributed by atoms with Crippen molar-refractivity contribution in [3.8, 4) is 0 Å². The molecule has 2 aromatic heterocycles. The van der Waals surface area contributed by atoms with E-state index in [9.17, 15) is 4.79 Å². The van der Waals surface area contributed by atoms with Crippen molar-refractivity contribution in [3.05, 3.63) is 22.5 Å². The number of aromatic nitrogens is 3. The summed E-state index contributed by atoms with van der Waals surface area (Å²) >= 11 is 1.36. The van der Waals surface area contributed by atoms with Gasteiger partial charge in [0.2, 0.25) is 0 Å². The van der Waals surface area contributed by atoms with Crippen LogP contribution in [0.2, 0.25) is 0 Å². The molecule has 7 nitrogen and oxygen atoms in total. The van der Waals surface area contributed by atoms with Crippen molar-refractivity contribution >= 4 is 28.2 Å². The molecule has 8 heteroatoms. The summed E-state index contributed by atoms with van der Waals surface area (Å²) in [5.41, 5.74) is 3.26. The van der Waals surface area contributed by atoms with Gasteiger partial charge in [0.25, 0.3) is 0 Å². The SMILES string of the molecule is CCn1nc(C)c(NC(=O)Nc2nc(COC)cs2)c1C. The molecule has 0 bridgehead atoms. The van der Waals surface area contributed by atoms with Crippen LogP contribution in [0.5, 0.6) is 0 Å². The van der Waals surface area contributed by atoms with Crippen LogP contribution in [0.4, 0.5) is 15.6 Å². The van der Waals surface area contributed by atoms with E-state index >= 15 is 0 Å². The summed E-state index contributed by atoms with van der Waals surface area (Å²) in [5.74, 6) is 0. The molecule has 2 heterocycles. The number of hydrogen-bond donors (Lipinski definition) is 2. The first-order valence-corrected chi connectivity index (χ1v) is 7.48. The Hall–Kier alpha value is -1.93. The molecule has 0 spiro atoms. The molecule has 0 atom stereocenters. The smallest absolute Gasteiger partial charge is 0.325 e. The molecule has 114 valence electrons. The molecular formula is C13H19N5O2S. The van der Waals surface area contributed by atoms with E-state index in [1.54, 1.807) is 7.11 Å². The van der Waals surface area contributed by atoms with Crippen LogP contribution < -0.4 is 10.6 Å². The summed E-state index contributed by atoms with van der Waals surface area (Å²) in [5, 5.41) is 12.3. The van der Waals surface area contributed by atoms with E-state index in [2.05, 4.69) is 20.7 Å². The van der Waals surface area contributed by atoms with E-state index in [0.717, 1.165) is 29.3 Å². The lowest BCUT2D eigenvalue weighted by Gasteiger charge is -2.06. The molecule has 0 unspecified atom stereocenters. The van der Waals surface area contributed by atoms with Gasteiger partial charge in [-0.15, -0.1) is 11.3 Å². The van der Waals surface area contributed by atoms with Crippen LogP contribution in [0, 0.1) is 13.8 Å². The largest absolute Gasteiger partial charge is 0.378 e. The maximum absolute atomic E-state index is 12.0. The summed E-state index contributed by atoms with van der Waals surface area (Å²) in [7, 11) is 1.61. The lowest BCUT2D eigenvalue weighted by atomic mass is 10.3. The van der Waals surface area contributed by atoms with Gasteiger partial charge in [-0.05, 0) is 20.8 Å². The average molecular weight is 309 g/mol. The highest BCUT2D eigenvalue weighted by molar-refractivity contribution is 7.13. The zero-order valence-electron chi connectivity index (χ0n) is 12.6. The quantitative estimate of drug-likeness (QED) is 0.890. The molecule has 0 aliphatic heterocycles.